The van der Waals surface area contributed by atoms with E-state index in [0.717, 1.165) is 10.9 Å². The highest BCUT2D eigenvalue weighted by atomic mass is 79.9. The monoisotopic (exact) mass is 346 g/mol. The second-order valence-electron chi connectivity index (χ2n) is 4.30. The number of ketones is 1. The van der Waals surface area contributed by atoms with Crippen LogP contribution in [0, 0.1) is 12.8 Å². The third-order valence-electron chi connectivity index (χ3n) is 2.58. The molecule has 0 heterocycles. The van der Waals surface area contributed by atoms with Crippen LogP contribution in [0.1, 0.15) is 25.0 Å². The van der Waals surface area contributed by atoms with Crippen molar-refractivity contribution < 1.29 is 4.79 Å². The van der Waals surface area contributed by atoms with Crippen molar-refractivity contribution in [1.82, 2.24) is 0 Å². The van der Waals surface area contributed by atoms with Gasteiger partial charge in [-0.3, -0.25) is 4.79 Å². The molecule has 16 heavy (non-hydrogen) atoms. The summed E-state index contributed by atoms with van der Waals surface area (Å²) in [5.41, 5.74) is 2.44. The van der Waals surface area contributed by atoms with E-state index in [4.69, 9.17) is 0 Å². The van der Waals surface area contributed by atoms with Gasteiger partial charge in [0.05, 0.1) is 4.83 Å². The molecule has 1 nitrogen and oxygen atoms in total. The zero-order valence-corrected chi connectivity index (χ0v) is 12.9. The van der Waals surface area contributed by atoms with E-state index >= 15 is 0 Å². The predicted molar refractivity (Wildman–Crippen MR) is 75.1 cm³/mol. The molecule has 3 heteroatoms. The number of alkyl halides is 1. The summed E-state index contributed by atoms with van der Waals surface area (Å²) in [4.78, 5) is 11.7. The fourth-order valence-electron chi connectivity index (χ4n) is 1.54. The first kappa shape index (κ1) is 13.9. The average Bonchev–Trinajstić information content (AvgIpc) is 2.20. The first-order chi connectivity index (χ1) is 7.41. The molecule has 0 saturated carbocycles. The second kappa shape index (κ2) is 5.97. The second-order valence-corrected chi connectivity index (χ2v) is 6.32. The maximum Gasteiger partial charge on any atom is 0.149 e. The van der Waals surface area contributed by atoms with Gasteiger partial charge in [-0.25, -0.2) is 0 Å². The molecule has 0 bridgehead atoms. The lowest BCUT2D eigenvalue weighted by Gasteiger charge is -2.13. The third-order valence-corrected chi connectivity index (χ3v) is 3.85. The zero-order chi connectivity index (χ0) is 12.3. The lowest BCUT2D eigenvalue weighted by Crippen LogP contribution is -2.22. The summed E-state index contributed by atoms with van der Waals surface area (Å²) in [5, 5.41) is 0. The molecular weight excluding hydrogens is 332 g/mol. The van der Waals surface area contributed by atoms with E-state index in [2.05, 4.69) is 50.9 Å². The molecule has 1 unspecified atom stereocenters. The molecule has 0 aliphatic rings. The van der Waals surface area contributed by atoms with Gasteiger partial charge in [-0.2, -0.15) is 0 Å². The molecule has 0 fully saturated rings. The highest BCUT2D eigenvalue weighted by Crippen LogP contribution is 2.20. The first-order valence-electron chi connectivity index (χ1n) is 5.34. The number of hydrogen-bond acceptors (Lipinski definition) is 1. The van der Waals surface area contributed by atoms with Gasteiger partial charge in [0.15, 0.2) is 0 Å². The van der Waals surface area contributed by atoms with E-state index < -0.39 is 0 Å². The van der Waals surface area contributed by atoms with E-state index in [1.54, 1.807) is 0 Å². The molecular formula is C13H16Br2O. The van der Waals surface area contributed by atoms with Gasteiger partial charge in [-0.05, 0) is 36.6 Å². The van der Waals surface area contributed by atoms with E-state index in [9.17, 15) is 4.79 Å². The topological polar surface area (TPSA) is 17.1 Å². The molecule has 0 aliphatic carbocycles. The number of Topliss-reactive ketones (excluding diaryl/α,β-unsaturated/α-hetero) is 1. The van der Waals surface area contributed by atoms with Crippen molar-refractivity contribution in [3.63, 3.8) is 0 Å². The molecule has 1 aromatic rings. The maximum atomic E-state index is 11.8. The minimum Gasteiger partial charge on any atom is -0.298 e. The van der Waals surface area contributed by atoms with E-state index in [0.29, 0.717) is 0 Å². The Morgan fingerprint density at radius 2 is 2.00 bits per heavy atom. The molecule has 0 saturated heterocycles. The fraction of sp³-hybridized carbons (Fsp3) is 0.462. The van der Waals surface area contributed by atoms with Crippen molar-refractivity contribution >= 4 is 37.6 Å². The summed E-state index contributed by atoms with van der Waals surface area (Å²) in [6.45, 7) is 5.94. The Labute approximate surface area is 114 Å². The van der Waals surface area contributed by atoms with Crippen LogP contribution in [0.15, 0.2) is 22.7 Å². The summed E-state index contributed by atoms with van der Waals surface area (Å²) in [7, 11) is 0. The van der Waals surface area contributed by atoms with Crippen molar-refractivity contribution in [3.05, 3.63) is 33.8 Å². The molecule has 0 radical (unpaired) electrons. The minimum absolute atomic E-state index is 0.0765. The van der Waals surface area contributed by atoms with Gasteiger partial charge >= 0.3 is 0 Å². The predicted octanol–water partition coefficient (Wildman–Crippen LogP) is 4.29. The highest BCUT2D eigenvalue weighted by molar-refractivity contribution is 9.10. The summed E-state index contributed by atoms with van der Waals surface area (Å²) >= 11 is 6.91. The zero-order valence-electron chi connectivity index (χ0n) is 9.76. The van der Waals surface area contributed by atoms with Crippen LogP contribution in [-0.2, 0) is 11.2 Å². The first-order valence-corrected chi connectivity index (χ1v) is 7.05. The van der Waals surface area contributed by atoms with Crippen molar-refractivity contribution in [2.45, 2.75) is 32.0 Å². The minimum atomic E-state index is -0.0765. The molecule has 1 atom stereocenters. The molecule has 1 aromatic carbocycles. The van der Waals surface area contributed by atoms with Crippen molar-refractivity contribution in [1.29, 1.82) is 0 Å². The van der Waals surface area contributed by atoms with Gasteiger partial charge < -0.3 is 0 Å². The molecule has 0 spiro atoms. The van der Waals surface area contributed by atoms with Crippen LogP contribution >= 0.6 is 31.9 Å². The van der Waals surface area contributed by atoms with E-state index in [-0.39, 0.29) is 16.5 Å². The van der Waals surface area contributed by atoms with Crippen LogP contribution in [0.2, 0.25) is 0 Å². The Bertz CT molecular complexity index is 386. The normalized spacial score (nSPS) is 12.9. The molecule has 0 aromatic heterocycles. The maximum absolute atomic E-state index is 11.8. The Morgan fingerprint density at radius 3 is 2.50 bits per heavy atom. The third kappa shape index (κ3) is 3.70. The van der Waals surface area contributed by atoms with Crippen LogP contribution in [-0.4, -0.2) is 10.6 Å². The number of benzene rings is 1. The summed E-state index contributed by atoms with van der Waals surface area (Å²) < 4.78 is 1.08. The molecule has 0 amide bonds. The smallest absolute Gasteiger partial charge is 0.149 e. The van der Waals surface area contributed by atoms with Gasteiger partial charge in [0.1, 0.15) is 5.78 Å². The van der Waals surface area contributed by atoms with E-state index in [1.165, 1.54) is 11.1 Å². The van der Waals surface area contributed by atoms with Gasteiger partial charge in [0.25, 0.3) is 0 Å². The van der Waals surface area contributed by atoms with Crippen LogP contribution in [0.3, 0.4) is 0 Å². The Balaban J connectivity index is 2.77. The molecule has 0 N–H and O–H groups in total. The lowest BCUT2D eigenvalue weighted by molar-refractivity contribution is -0.121. The molecule has 1 rings (SSSR count). The van der Waals surface area contributed by atoms with Crippen LogP contribution in [0.25, 0.3) is 0 Å². The standard InChI is InChI=1S/C13H16Br2O/c1-8(2)13(16)12(15)7-10-4-5-11(14)6-9(10)3/h4-6,8,12H,7H2,1-3H3. The summed E-state index contributed by atoms with van der Waals surface area (Å²) in [5.74, 6) is 0.349. The number of carbonyl (C=O) groups excluding carboxylic acids is 1. The highest BCUT2D eigenvalue weighted by Gasteiger charge is 2.19. The van der Waals surface area contributed by atoms with Crippen molar-refractivity contribution in [2.24, 2.45) is 5.92 Å². The van der Waals surface area contributed by atoms with Crippen LogP contribution in [0.5, 0.6) is 0 Å². The van der Waals surface area contributed by atoms with Gasteiger partial charge in [0.2, 0.25) is 0 Å². The van der Waals surface area contributed by atoms with Gasteiger partial charge in [-0.1, -0.05) is 51.8 Å². The van der Waals surface area contributed by atoms with Crippen LogP contribution < -0.4 is 0 Å². The van der Waals surface area contributed by atoms with Gasteiger partial charge in [0, 0.05) is 10.4 Å². The van der Waals surface area contributed by atoms with Gasteiger partial charge in [-0.15, -0.1) is 0 Å². The number of halogens is 2. The quantitative estimate of drug-likeness (QED) is 0.742. The molecule has 88 valence electrons. The number of aryl methyl sites for hydroxylation is 1. The van der Waals surface area contributed by atoms with E-state index in [1.807, 2.05) is 19.9 Å². The summed E-state index contributed by atoms with van der Waals surface area (Å²) in [6, 6.07) is 6.16. The molecule has 0 aliphatic heterocycles. The Kier molecular flexibility index (Phi) is 5.19. The van der Waals surface area contributed by atoms with Crippen molar-refractivity contribution in [2.75, 3.05) is 0 Å². The SMILES string of the molecule is Cc1cc(Br)ccc1CC(Br)C(=O)C(C)C. The number of carbonyl (C=O) groups is 1. The fourth-order valence-corrected chi connectivity index (χ4v) is 2.90. The van der Waals surface area contributed by atoms with Crippen LogP contribution in [0.4, 0.5) is 0 Å². The Morgan fingerprint density at radius 1 is 1.38 bits per heavy atom. The number of hydrogen-bond donors (Lipinski definition) is 0. The largest absolute Gasteiger partial charge is 0.298 e. The lowest BCUT2D eigenvalue weighted by atomic mass is 9.98. The van der Waals surface area contributed by atoms with Crippen molar-refractivity contribution in [3.8, 4) is 0 Å². The summed E-state index contributed by atoms with van der Waals surface area (Å²) in [6.07, 6.45) is 0.760. The number of rotatable bonds is 4. The average molecular weight is 348 g/mol. The Hall–Kier alpha value is -0.150.